The molecule has 0 amide bonds. The summed E-state index contributed by atoms with van der Waals surface area (Å²) in [7, 11) is 0. The fourth-order valence-corrected chi connectivity index (χ4v) is 1.28. The Hall–Kier alpha value is -2.10. The topological polar surface area (TPSA) is 50.1 Å². The summed E-state index contributed by atoms with van der Waals surface area (Å²) in [5.41, 5.74) is -3.22. The highest BCUT2D eigenvalue weighted by atomic mass is 19.4. The van der Waals surface area contributed by atoms with Crippen LogP contribution >= 0.6 is 0 Å². The summed E-state index contributed by atoms with van der Waals surface area (Å²) in [5, 5.41) is 8.49. The van der Waals surface area contributed by atoms with Crippen molar-refractivity contribution in [2.24, 2.45) is 0 Å². The summed E-state index contributed by atoms with van der Waals surface area (Å²) in [5.74, 6) is -2.48. The number of halogens is 4. The molecule has 0 atom stereocenters. The molecule has 0 bridgehead atoms. The van der Waals surface area contributed by atoms with Crippen LogP contribution in [-0.4, -0.2) is 12.6 Å². The predicted octanol–water partition coefficient (Wildman–Crippen LogP) is 2.89. The van der Waals surface area contributed by atoms with E-state index in [1.165, 1.54) is 6.92 Å². The fraction of sp³-hybridized carbons (Fsp3) is 0.273. The molecule has 0 aliphatic carbocycles. The maximum atomic E-state index is 13.3. The molecular weight excluding hydrogens is 254 g/mol. The average Bonchev–Trinajstić information content (AvgIpc) is 2.27. The van der Waals surface area contributed by atoms with Crippen molar-refractivity contribution in [3.05, 3.63) is 34.6 Å². The number of nitriles is 1. The van der Waals surface area contributed by atoms with E-state index in [1.807, 2.05) is 0 Å². The molecule has 0 saturated carbocycles. The third-order valence-corrected chi connectivity index (χ3v) is 2.02. The number of hydrogen-bond donors (Lipinski definition) is 0. The monoisotopic (exact) mass is 261 g/mol. The minimum atomic E-state index is -4.92. The number of carbonyl (C=O) groups excluding carboxylic acids is 1. The van der Waals surface area contributed by atoms with Gasteiger partial charge in [-0.25, -0.2) is 9.18 Å². The number of nitrogens with zero attached hydrogens (tertiary/aromatic N) is 1. The number of carbonyl (C=O) groups is 1. The van der Waals surface area contributed by atoms with E-state index in [-0.39, 0.29) is 6.61 Å². The first kappa shape index (κ1) is 14.0. The minimum absolute atomic E-state index is 0.0538. The van der Waals surface area contributed by atoms with E-state index < -0.39 is 34.7 Å². The van der Waals surface area contributed by atoms with E-state index in [0.29, 0.717) is 12.1 Å². The summed E-state index contributed by atoms with van der Waals surface area (Å²) in [6.45, 7) is 1.41. The number of hydrogen-bond acceptors (Lipinski definition) is 3. The van der Waals surface area contributed by atoms with Crippen LogP contribution in [-0.2, 0) is 10.9 Å². The number of ether oxygens (including phenoxy) is 1. The molecule has 0 saturated heterocycles. The second kappa shape index (κ2) is 5.04. The van der Waals surface area contributed by atoms with Crippen LogP contribution in [0.2, 0.25) is 0 Å². The lowest BCUT2D eigenvalue weighted by atomic mass is 10.0. The first-order valence-electron chi connectivity index (χ1n) is 4.79. The molecule has 0 radical (unpaired) electrons. The third-order valence-electron chi connectivity index (χ3n) is 2.02. The van der Waals surface area contributed by atoms with Gasteiger partial charge in [0.25, 0.3) is 0 Å². The van der Waals surface area contributed by atoms with Crippen molar-refractivity contribution in [3.63, 3.8) is 0 Å². The van der Waals surface area contributed by atoms with E-state index in [2.05, 4.69) is 4.74 Å². The molecule has 0 aromatic heterocycles. The van der Waals surface area contributed by atoms with Gasteiger partial charge in [0.1, 0.15) is 11.9 Å². The van der Waals surface area contributed by atoms with Crippen molar-refractivity contribution < 1.29 is 27.1 Å². The van der Waals surface area contributed by atoms with Gasteiger partial charge in [0.05, 0.1) is 23.3 Å². The van der Waals surface area contributed by atoms with Gasteiger partial charge in [0.15, 0.2) is 0 Å². The molecule has 0 heterocycles. The van der Waals surface area contributed by atoms with Crippen molar-refractivity contribution >= 4 is 5.97 Å². The van der Waals surface area contributed by atoms with Gasteiger partial charge in [-0.1, -0.05) is 0 Å². The van der Waals surface area contributed by atoms with Gasteiger partial charge < -0.3 is 4.74 Å². The zero-order valence-corrected chi connectivity index (χ0v) is 9.14. The van der Waals surface area contributed by atoms with Gasteiger partial charge in [0, 0.05) is 0 Å². The molecule has 1 aromatic rings. The first-order valence-corrected chi connectivity index (χ1v) is 4.79. The van der Waals surface area contributed by atoms with Crippen molar-refractivity contribution in [3.8, 4) is 6.07 Å². The molecule has 0 unspecified atom stereocenters. The molecule has 1 aromatic carbocycles. The predicted molar refractivity (Wildman–Crippen MR) is 52.1 cm³/mol. The van der Waals surface area contributed by atoms with Crippen LogP contribution < -0.4 is 0 Å². The number of rotatable bonds is 2. The lowest BCUT2D eigenvalue weighted by molar-refractivity contribution is -0.138. The second-order valence-electron chi connectivity index (χ2n) is 3.21. The Labute approximate surface area is 99.6 Å². The van der Waals surface area contributed by atoms with E-state index in [4.69, 9.17) is 5.26 Å². The normalized spacial score (nSPS) is 10.9. The third kappa shape index (κ3) is 2.77. The van der Waals surface area contributed by atoms with Crippen LogP contribution in [0.25, 0.3) is 0 Å². The Morgan fingerprint density at radius 1 is 1.44 bits per heavy atom. The molecule has 96 valence electrons. The van der Waals surface area contributed by atoms with E-state index in [9.17, 15) is 22.4 Å². The molecule has 0 aliphatic heterocycles. The molecule has 0 aliphatic rings. The highest BCUT2D eigenvalue weighted by Crippen LogP contribution is 2.33. The molecular formula is C11H7F4NO2. The van der Waals surface area contributed by atoms with Crippen LogP contribution in [0.5, 0.6) is 0 Å². The van der Waals surface area contributed by atoms with Crippen molar-refractivity contribution in [2.45, 2.75) is 13.1 Å². The summed E-state index contributed by atoms with van der Waals surface area (Å²) < 4.78 is 55.5. The Morgan fingerprint density at radius 2 is 2.06 bits per heavy atom. The Kier molecular flexibility index (Phi) is 3.91. The van der Waals surface area contributed by atoms with Gasteiger partial charge in [0.2, 0.25) is 0 Å². The molecule has 0 spiro atoms. The van der Waals surface area contributed by atoms with Gasteiger partial charge in [-0.2, -0.15) is 18.4 Å². The SMILES string of the molecule is CCOC(=O)c1cc(F)c(C#N)c(C(F)(F)F)c1. The van der Waals surface area contributed by atoms with Gasteiger partial charge in [-0.05, 0) is 19.1 Å². The van der Waals surface area contributed by atoms with Crippen LogP contribution in [0.4, 0.5) is 17.6 Å². The average molecular weight is 261 g/mol. The molecule has 0 N–H and O–H groups in total. The second-order valence-corrected chi connectivity index (χ2v) is 3.21. The molecule has 3 nitrogen and oxygen atoms in total. The van der Waals surface area contributed by atoms with Crippen LogP contribution in [0.1, 0.15) is 28.4 Å². The molecule has 1 rings (SSSR count). The Bertz CT molecular complexity index is 517. The fourth-order valence-electron chi connectivity index (χ4n) is 1.28. The summed E-state index contributed by atoms with van der Waals surface area (Å²) >= 11 is 0. The Balaban J connectivity index is 3.41. The van der Waals surface area contributed by atoms with E-state index in [1.54, 1.807) is 0 Å². The van der Waals surface area contributed by atoms with Crippen LogP contribution in [0.3, 0.4) is 0 Å². The van der Waals surface area contributed by atoms with Crippen molar-refractivity contribution in [1.29, 1.82) is 5.26 Å². The van der Waals surface area contributed by atoms with Crippen LogP contribution in [0.15, 0.2) is 12.1 Å². The minimum Gasteiger partial charge on any atom is -0.462 e. The standard InChI is InChI=1S/C11H7F4NO2/c1-2-18-10(17)6-3-8(11(13,14)15)7(5-16)9(12)4-6/h3-4H,2H2,1H3. The molecule has 7 heteroatoms. The van der Waals surface area contributed by atoms with Crippen molar-refractivity contribution in [1.82, 2.24) is 0 Å². The van der Waals surface area contributed by atoms with E-state index >= 15 is 0 Å². The highest BCUT2D eigenvalue weighted by molar-refractivity contribution is 5.90. The van der Waals surface area contributed by atoms with E-state index in [0.717, 1.165) is 6.07 Å². The maximum Gasteiger partial charge on any atom is 0.417 e. The maximum absolute atomic E-state index is 13.3. The Morgan fingerprint density at radius 3 is 2.50 bits per heavy atom. The van der Waals surface area contributed by atoms with Gasteiger partial charge in [-0.15, -0.1) is 0 Å². The smallest absolute Gasteiger partial charge is 0.417 e. The van der Waals surface area contributed by atoms with Crippen molar-refractivity contribution in [2.75, 3.05) is 6.61 Å². The number of alkyl halides is 3. The zero-order valence-electron chi connectivity index (χ0n) is 9.14. The largest absolute Gasteiger partial charge is 0.462 e. The lowest BCUT2D eigenvalue weighted by Gasteiger charge is -2.11. The quantitative estimate of drug-likeness (QED) is 0.607. The number of esters is 1. The first-order chi connectivity index (χ1) is 8.31. The lowest BCUT2D eigenvalue weighted by Crippen LogP contribution is -2.13. The number of benzene rings is 1. The summed E-state index contributed by atoms with van der Waals surface area (Å²) in [4.78, 5) is 11.2. The summed E-state index contributed by atoms with van der Waals surface area (Å²) in [6, 6.07) is 2.07. The van der Waals surface area contributed by atoms with Crippen LogP contribution in [0, 0.1) is 17.1 Å². The molecule has 18 heavy (non-hydrogen) atoms. The zero-order chi connectivity index (χ0) is 13.9. The van der Waals surface area contributed by atoms with Gasteiger partial charge >= 0.3 is 12.1 Å². The highest BCUT2D eigenvalue weighted by Gasteiger charge is 2.36. The summed E-state index contributed by atoms with van der Waals surface area (Å²) in [6.07, 6.45) is -4.92. The molecule has 0 fully saturated rings. The van der Waals surface area contributed by atoms with Gasteiger partial charge in [-0.3, -0.25) is 0 Å².